The molecule has 1 aliphatic heterocycles. The molecular formula is C18H23N3O3S. The number of carbonyl (C=O) groups is 1. The largest absolute Gasteiger partial charge is 0.493 e. The molecular weight excluding hydrogens is 338 g/mol. The lowest BCUT2D eigenvalue weighted by molar-refractivity contribution is -0.123. The first kappa shape index (κ1) is 17.7. The Morgan fingerprint density at radius 2 is 2.16 bits per heavy atom. The Balaban J connectivity index is 1.71. The minimum absolute atomic E-state index is 0.0438. The number of aromatic nitrogens is 1. The molecule has 0 bridgehead atoms. The summed E-state index contributed by atoms with van der Waals surface area (Å²) in [6.45, 7) is 2.44. The highest BCUT2D eigenvalue weighted by Crippen LogP contribution is 2.33. The van der Waals surface area contributed by atoms with Crippen molar-refractivity contribution in [3.63, 3.8) is 0 Å². The molecule has 1 atom stereocenters. The molecule has 1 aromatic carbocycles. The van der Waals surface area contributed by atoms with Crippen LogP contribution in [0.25, 0.3) is 10.6 Å². The van der Waals surface area contributed by atoms with Crippen LogP contribution in [0, 0.1) is 5.92 Å². The lowest BCUT2D eigenvalue weighted by Crippen LogP contribution is -2.40. The van der Waals surface area contributed by atoms with Crippen molar-refractivity contribution in [3.05, 3.63) is 29.3 Å². The summed E-state index contributed by atoms with van der Waals surface area (Å²) in [5.41, 5.74) is 7.47. The SMILES string of the molecule is COc1ccc(-c2nc(CN3CCC[C@H](C(N)=O)C3)cs2)cc1OC. The van der Waals surface area contributed by atoms with Crippen molar-refractivity contribution in [2.24, 2.45) is 11.7 Å². The zero-order valence-corrected chi connectivity index (χ0v) is 15.3. The number of thiazole rings is 1. The number of methoxy groups -OCH3 is 2. The molecule has 0 unspecified atom stereocenters. The molecule has 2 heterocycles. The zero-order chi connectivity index (χ0) is 17.8. The second-order valence-corrected chi connectivity index (χ2v) is 7.05. The van der Waals surface area contributed by atoms with E-state index in [9.17, 15) is 4.79 Å². The Labute approximate surface area is 151 Å². The van der Waals surface area contributed by atoms with Crippen LogP contribution in [0.15, 0.2) is 23.6 Å². The number of likely N-dealkylation sites (tertiary alicyclic amines) is 1. The molecule has 2 aromatic rings. The van der Waals surface area contributed by atoms with Gasteiger partial charge in [0, 0.05) is 24.0 Å². The van der Waals surface area contributed by atoms with Gasteiger partial charge in [-0.2, -0.15) is 0 Å². The van der Waals surface area contributed by atoms with Gasteiger partial charge in [-0.15, -0.1) is 11.3 Å². The molecule has 134 valence electrons. The fourth-order valence-corrected chi connectivity index (χ4v) is 3.95. The quantitative estimate of drug-likeness (QED) is 0.855. The van der Waals surface area contributed by atoms with Crippen molar-refractivity contribution in [1.29, 1.82) is 0 Å². The van der Waals surface area contributed by atoms with Crippen LogP contribution in [-0.4, -0.2) is 43.1 Å². The first-order valence-corrected chi connectivity index (χ1v) is 9.17. The number of ether oxygens (including phenoxy) is 2. The molecule has 1 amide bonds. The summed E-state index contributed by atoms with van der Waals surface area (Å²) in [4.78, 5) is 18.4. The van der Waals surface area contributed by atoms with Gasteiger partial charge in [0.05, 0.1) is 25.8 Å². The van der Waals surface area contributed by atoms with Crippen LogP contribution >= 0.6 is 11.3 Å². The number of hydrogen-bond acceptors (Lipinski definition) is 6. The predicted octanol–water partition coefficient (Wildman–Crippen LogP) is 2.52. The number of primary amides is 1. The number of hydrogen-bond donors (Lipinski definition) is 1. The molecule has 0 radical (unpaired) electrons. The van der Waals surface area contributed by atoms with Crippen molar-refractivity contribution in [2.45, 2.75) is 19.4 Å². The minimum atomic E-state index is -0.200. The van der Waals surface area contributed by atoms with Crippen molar-refractivity contribution in [3.8, 4) is 22.1 Å². The van der Waals surface area contributed by atoms with Gasteiger partial charge in [-0.05, 0) is 37.6 Å². The van der Waals surface area contributed by atoms with Gasteiger partial charge in [0.25, 0.3) is 0 Å². The van der Waals surface area contributed by atoms with Gasteiger partial charge in [0.1, 0.15) is 5.01 Å². The predicted molar refractivity (Wildman–Crippen MR) is 97.8 cm³/mol. The van der Waals surface area contributed by atoms with Crippen LogP contribution in [-0.2, 0) is 11.3 Å². The minimum Gasteiger partial charge on any atom is -0.493 e. The van der Waals surface area contributed by atoms with Crippen molar-refractivity contribution >= 4 is 17.2 Å². The smallest absolute Gasteiger partial charge is 0.221 e. The van der Waals surface area contributed by atoms with E-state index in [1.807, 2.05) is 18.2 Å². The molecule has 0 aliphatic carbocycles. The average Bonchev–Trinajstić information content (AvgIpc) is 3.09. The first-order chi connectivity index (χ1) is 12.1. The summed E-state index contributed by atoms with van der Waals surface area (Å²) in [6.07, 6.45) is 1.89. The van der Waals surface area contributed by atoms with E-state index in [0.29, 0.717) is 11.5 Å². The second-order valence-electron chi connectivity index (χ2n) is 6.19. The van der Waals surface area contributed by atoms with Crippen LogP contribution < -0.4 is 15.2 Å². The maximum absolute atomic E-state index is 11.4. The van der Waals surface area contributed by atoms with Crippen LogP contribution in [0.3, 0.4) is 0 Å². The van der Waals surface area contributed by atoms with Crippen LogP contribution in [0.2, 0.25) is 0 Å². The number of nitrogens with two attached hydrogens (primary N) is 1. The average molecular weight is 361 g/mol. The summed E-state index contributed by atoms with van der Waals surface area (Å²) in [7, 11) is 3.25. The highest BCUT2D eigenvalue weighted by Gasteiger charge is 2.24. The molecule has 1 aromatic heterocycles. The van der Waals surface area contributed by atoms with E-state index >= 15 is 0 Å². The lowest BCUT2D eigenvalue weighted by Gasteiger charge is -2.30. The molecule has 0 spiro atoms. The molecule has 7 heteroatoms. The van der Waals surface area contributed by atoms with Crippen molar-refractivity contribution in [2.75, 3.05) is 27.3 Å². The summed E-state index contributed by atoms with van der Waals surface area (Å²) in [5.74, 6) is 1.15. The highest BCUT2D eigenvalue weighted by molar-refractivity contribution is 7.13. The van der Waals surface area contributed by atoms with E-state index in [4.69, 9.17) is 20.2 Å². The van der Waals surface area contributed by atoms with Gasteiger partial charge in [-0.3, -0.25) is 9.69 Å². The number of piperidine rings is 1. The van der Waals surface area contributed by atoms with E-state index in [1.54, 1.807) is 25.6 Å². The highest BCUT2D eigenvalue weighted by atomic mass is 32.1. The number of nitrogens with zero attached hydrogens (tertiary/aromatic N) is 2. The van der Waals surface area contributed by atoms with Gasteiger partial charge in [-0.1, -0.05) is 0 Å². The summed E-state index contributed by atoms with van der Waals surface area (Å²) in [6, 6.07) is 5.80. The van der Waals surface area contributed by atoms with Crippen LogP contribution in [0.1, 0.15) is 18.5 Å². The Bertz CT molecular complexity index is 747. The second kappa shape index (κ2) is 7.84. The van der Waals surface area contributed by atoms with E-state index in [0.717, 1.165) is 48.7 Å². The van der Waals surface area contributed by atoms with Gasteiger partial charge in [0.2, 0.25) is 5.91 Å². The Morgan fingerprint density at radius 1 is 1.36 bits per heavy atom. The van der Waals surface area contributed by atoms with Gasteiger partial charge < -0.3 is 15.2 Å². The lowest BCUT2D eigenvalue weighted by atomic mass is 9.97. The van der Waals surface area contributed by atoms with Crippen LogP contribution in [0.5, 0.6) is 11.5 Å². The topological polar surface area (TPSA) is 77.7 Å². The molecule has 1 saturated heterocycles. The van der Waals surface area contributed by atoms with Gasteiger partial charge in [0.15, 0.2) is 11.5 Å². The molecule has 2 N–H and O–H groups in total. The normalized spacial score (nSPS) is 18.1. The Morgan fingerprint density at radius 3 is 2.88 bits per heavy atom. The molecule has 6 nitrogen and oxygen atoms in total. The Hall–Kier alpha value is -2.12. The fourth-order valence-electron chi connectivity index (χ4n) is 3.14. The molecule has 1 fully saturated rings. The van der Waals surface area contributed by atoms with E-state index in [1.165, 1.54) is 0 Å². The molecule has 1 aliphatic rings. The number of rotatable bonds is 6. The maximum Gasteiger partial charge on any atom is 0.221 e. The van der Waals surface area contributed by atoms with Crippen molar-refractivity contribution < 1.29 is 14.3 Å². The summed E-state index contributed by atoms with van der Waals surface area (Å²) in [5, 5.41) is 3.01. The fraction of sp³-hybridized carbons (Fsp3) is 0.444. The Kier molecular flexibility index (Phi) is 5.55. The summed E-state index contributed by atoms with van der Waals surface area (Å²) >= 11 is 1.61. The summed E-state index contributed by atoms with van der Waals surface area (Å²) < 4.78 is 10.6. The maximum atomic E-state index is 11.4. The first-order valence-electron chi connectivity index (χ1n) is 8.29. The number of benzene rings is 1. The van der Waals surface area contributed by atoms with E-state index in [2.05, 4.69) is 10.3 Å². The van der Waals surface area contributed by atoms with E-state index < -0.39 is 0 Å². The number of amides is 1. The third-order valence-corrected chi connectivity index (χ3v) is 5.42. The third kappa shape index (κ3) is 4.11. The molecule has 3 rings (SSSR count). The molecule has 25 heavy (non-hydrogen) atoms. The van der Waals surface area contributed by atoms with Crippen LogP contribution in [0.4, 0.5) is 0 Å². The molecule has 0 saturated carbocycles. The van der Waals surface area contributed by atoms with Crippen molar-refractivity contribution in [1.82, 2.24) is 9.88 Å². The van der Waals surface area contributed by atoms with Gasteiger partial charge >= 0.3 is 0 Å². The van der Waals surface area contributed by atoms with E-state index in [-0.39, 0.29) is 11.8 Å². The monoisotopic (exact) mass is 361 g/mol. The number of carbonyl (C=O) groups excluding carboxylic acids is 1. The zero-order valence-electron chi connectivity index (χ0n) is 14.5. The third-order valence-electron chi connectivity index (χ3n) is 4.48. The van der Waals surface area contributed by atoms with Gasteiger partial charge in [-0.25, -0.2) is 4.98 Å². The standard InChI is InChI=1S/C18H23N3O3S/c1-23-15-6-5-12(8-16(15)24-2)18-20-14(11-25-18)10-21-7-3-4-13(9-21)17(19)22/h5-6,8,11,13H,3-4,7,9-10H2,1-2H3,(H2,19,22)/t13-/m0/s1.